The molecule has 102 valence electrons. The largest absolute Gasteiger partial charge is 0.387 e. The van der Waals surface area contributed by atoms with Crippen LogP contribution in [0.1, 0.15) is 32.6 Å². The second kappa shape index (κ2) is 7.33. The quantitative estimate of drug-likeness (QED) is 0.709. The van der Waals surface area contributed by atoms with E-state index in [2.05, 4.69) is 21.9 Å². The van der Waals surface area contributed by atoms with Crippen LogP contribution < -0.4 is 10.0 Å². The zero-order valence-electron chi connectivity index (χ0n) is 10.9. The van der Waals surface area contributed by atoms with Gasteiger partial charge in [0.15, 0.2) is 0 Å². The van der Waals surface area contributed by atoms with Gasteiger partial charge in [-0.15, -0.1) is 0 Å². The molecule has 1 heterocycles. The van der Waals surface area contributed by atoms with Crippen LogP contribution in [0.5, 0.6) is 0 Å². The molecule has 18 heavy (non-hydrogen) atoms. The monoisotopic (exact) mass is 271 g/mol. The normalized spacial score (nSPS) is 11.4. The van der Waals surface area contributed by atoms with Crippen LogP contribution >= 0.6 is 0 Å². The van der Waals surface area contributed by atoms with Gasteiger partial charge in [0.1, 0.15) is 4.90 Å². The first kappa shape index (κ1) is 14.9. The Morgan fingerprint density at radius 3 is 2.72 bits per heavy atom. The fourth-order valence-corrected chi connectivity index (χ4v) is 2.86. The number of rotatable bonds is 8. The number of unbranched alkanes of at least 4 members (excludes halogenated alkanes) is 3. The molecule has 1 aromatic rings. The van der Waals surface area contributed by atoms with Crippen molar-refractivity contribution in [1.29, 1.82) is 0 Å². The lowest BCUT2D eigenvalue weighted by Crippen LogP contribution is -2.25. The number of anilines is 1. The van der Waals surface area contributed by atoms with Crippen molar-refractivity contribution in [1.82, 2.24) is 9.71 Å². The molecule has 0 aliphatic carbocycles. The van der Waals surface area contributed by atoms with Crippen molar-refractivity contribution in [2.75, 3.05) is 18.9 Å². The summed E-state index contributed by atoms with van der Waals surface area (Å²) in [5.41, 5.74) is 0.561. The Kier molecular flexibility index (Phi) is 6.07. The van der Waals surface area contributed by atoms with E-state index in [0.29, 0.717) is 12.2 Å². The number of nitrogens with zero attached hydrogens (tertiary/aromatic N) is 1. The molecule has 1 aromatic heterocycles. The zero-order chi connectivity index (χ0) is 13.4. The van der Waals surface area contributed by atoms with E-state index < -0.39 is 10.0 Å². The molecule has 6 heteroatoms. The maximum atomic E-state index is 12.1. The number of hydrogen-bond donors (Lipinski definition) is 2. The Labute approximate surface area is 109 Å². The lowest BCUT2D eigenvalue weighted by Gasteiger charge is -2.10. The molecule has 0 aliphatic rings. The number of nitrogens with one attached hydrogen (secondary N) is 2. The van der Waals surface area contributed by atoms with Crippen LogP contribution in [0.4, 0.5) is 5.69 Å². The zero-order valence-corrected chi connectivity index (χ0v) is 11.8. The standard InChI is InChI=1S/C12H21N3O2S/c1-3-4-5-6-8-15-18(16,17)12-10-14-9-7-11(12)13-2/h7,9-10,15H,3-6,8H2,1-2H3,(H,13,14). The van der Waals surface area contributed by atoms with Gasteiger partial charge in [0.2, 0.25) is 10.0 Å². The molecule has 0 fully saturated rings. The maximum absolute atomic E-state index is 12.1. The summed E-state index contributed by atoms with van der Waals surface area (Å²) in [5, 5.41) is 2.85. The summed E-state index contributed by atoms with van der Waals surface area (Å²) in [6.07, 6.45) is 7.11. The molecule has 0 radical (unpaired) electrons. The van der Waals surface area contributed by atoms with Gasteiger partial charge < -0.3 is 5.32 Å². The van der Waals surface area contributed by atoms with Gasteiger partial charge in [-0.3, -0.25) is 4.98 Å². The summed E-state index contributed by atoms with van der Waals surface area (Å²) in [6, 6.07) is 1.64. The second-order valence-corrected chi connectivity index (χ2v) is 5.82. The molecule has 0 aliphatic heterocycles. The van der Waals surface area contributed by atoms with E-state index in [-0.39, 0.29) is 4.90 Å². The highest BCUT2D eigenvalue weighted by molar-refractivity contribution is 7.89. The van der Waals surface area contributed by atoms with E-state index in [0.717, 1.165) is 25.7 Å². The van der Waals surface area contributed by atoms with Gasteiger partial charge in [-0.2, -0.15) is 0 Å². The number of aromatic nitrogens is 1. The van der Waals surface area contributed by atoms with Crippen LogP contribution in [0.25, 0.3) is 0 Å². The highest BCUT2D eigenvalue weighted by Crippen LogP contribution is 2.18. The fraction of sp³-hybridized carbons (Fsp3) is 0.583. The molecule has 5 nitrogen and oxygen atoms in total. The van der Waals surface area contributed by atoms with Crippen LogP contribution in [-0.4, -0.2) is 27.0 Å². The molecule has 0 atom stereocenters. The average molecular weight is 271 g/mol. The minimum absolute atomic E-state index is 0.197. The van der Waals surface area contributed by atoms with E-state index in [1.54, 1.807) is 19.3 Å². The molecule has 1 rings (SSSR count). The van der Waals surface area contributed by atoms with E-state index in [9.17, 15) is 8.42 Å². The van der Waals surface area contributed by atoms with Crippen molar-refractivity contribution in [3.63, 3.8) is 0 Å². The van der Waals surface area contributed by atoms with Crippen molar-refractivity contribution in [2.24, 2.45) is 0 Å². The SMILES string of the molecule is CCCCCCNS(=O)(=O)c1cnccc1NC. The maximum Gasteiger partial charge on any atom is 0.244 e. The van der Waals surface area contributed by atoms with Gasteiger partial charge in [0, 0.05) is 26.0 Å². The van der Waals surface area contributed by atoms with Crippen LogP contribution in [0, 0.1) is 0 Å². The predicted octanol–water partition coefficient (Wildman–Crippen LogP) is 1.98. The van der Waals surface area contributed by atoms with E-state index in [1.807, 2.05) is 0 Å². The summed E-state index contributed by atoms with van der Waals surface area (Å²) in [4.78, 5) is 4.06. The Morgan fingerprint density at radius 2 is 2.06 bits per heavy atom. The third-order valence-corrected chi connectivity index (χ3v) is 4.15. The summed E-state index contributed by atoms with van der Waals surface area (Å²) in [7, 11) is -1.78. The molecule has 0 amide bonds. The molecule has 0 spiro atoms. The Hall–Kier alpha value is -1.14. The molecule has 0 aromatic carbocycles. The van der Waals surface area contributed by atoms with Crippen LogP contribution in [-0.2, 0) is 10.0 Å². The average Bonchev–Trinajstić information content (AvgIpc) is 2.38. The Morgan fingerprint density at radius 1 is 1.28 bits per heavy atom. The van der Waals surface area contributed by atoms with Gasteiger partial charge in [-0.25, -0.2) is 13.1 Å². The number of sulfonamides is 1. The Bertz CT molecular complexity index is 460. The highest BCUT2D eigenvalue weighted by Gasteiger charge is 2.17. The molecule has 2 N–H and O–H groups in total. The molecular weight excluding hydrogens is 250 g/mol. The van der Waals surface area contributed by atoms with E-state index in [1.165, 1.54) is 6.20 Å². The minimum Gasteiger partial charge on any atom is -0.387 e. The Balaban J connectivity index is 2.63. The molecule has 0 saturated carbocycles. The van der Waals surface area contributed by atoms with Gasteiger partial charge in [0.25, 0.3) is 0 Å². The summed E-state index contributed by atoms with van der Waals surface area (Å²) < 4.78 is 26.7. The first-order chi connectivity index (χ1) is 8.61. The first-order valence-corrected chi connectivity index (χ1v) is 7.71. The van der Waals surface area contributed by atoms with Crippen molar-refractivity contribution in [2.45, 2.75) is 37.5 Å². The fourth-order valence-electron chi connectivity index (χ4n) is 1.64. The van der Waals surface area contributed by atoms with Crippen molar-refractivity contribution in [3.05, 3.63) is 18.5 Å². The van der Waals surface area contributed by atoms with Crippen molar-refractivity contribution < 1.29 is 8.42 Å². The number of pyridine rings is 1. The van der Waals surface area contributed by atoms with Crippen molar-refractivity contribution in [3.8, 4) is 0 Å². The molecule has 0 bridgehead atoms. The third-order valence-electron chi connectivity index (χ3n) is 2.67. The van der Waals surface area contributed by atoms with E-state index in [4.69, 9.17) is 0 Å². The molecule has 0 saturated heterocycles. The molecular formula is C12H21N3O2S. The van der Waals surface area contributed by atoms with Gasteiger partial charge >= 0.3 is 0 Å². The number of hydrogen-bond acceptors (Lipinski definition) is 4. The smallest absolute Gasteiger partial charge is 0.244 e. The van der Waals surface area contributed by atoms with Crippen molar-refractivity contribution >= 4 is 15.7 Å². The topological polar surface area (TPSA) is 71.1 Å². The lowest BCUT2D eigenvalue weighted by molar-refractivity contribution is 0.573. The molecule has 0 unspecified atom stereocenters. The van der Waals surface area contributed by atoms with Gasteiger partial charge in [-0.1, -0.05) is 26.2 Å². The summed E-state index contributed by atoms with van der Waals surface area (Å²) in [6.45, 7) is 2.60. The van der Waals surface area contributed by atoms with Gasteiger partial charge in [-0.05, 0) is 12.5 Å². The van der Waals surface area contributed by atoms with Crippen LogP contribution in [0.2, 0.25) is 0 Å². The second-order valence-electron chi connectivity index (χ2n) is 4.08. The lowest BCUT2D eigenvalue weighted by atomic mass is 10.2. The summed E-state index contributed by atoms with van der Waals surface area (Å²) >= 11 is 0. The summed E-state index contributed by atoms with van der Waals surface area (Å²) in [5.74, 6) is 0. The van der Waals surface area contributed by atoms with Crippen LogP contribution in [0.3, 0.4) is 0 Å². The van der Waals surface area contributed by atoms with E-state index >= 15 is 0 Å². The highest BCUT2D eigenvalue weighted by atomic mass is 32.2. The first-order valence-electron chi connectivity index (χ1n) is 6.23. The van der Waals surface area contributed by atoms with Crippen LogP contribution in [0.15, 0.2) is 23.4 Å². The minimum atomic E-state index is -3.47. The predicted molar refractivity (Wildman–Crippen MR) is 73.1 cm³/mol. The third kappa shape index (κ3) is 4.27. The van der Waals surface area contributed by atoms with Gasteiger partial charge in [0.05, 0.1) is 5.69 Å².